The molecule has 0 aliphatic carbocycles. The molecule has 0 unspecified atom stereocenters. The molecule has 0 aromatic heterocycles. The number of rotatable bonds is 40. The zero-order valence-corrected chi connectivity index (χ0v) is 32.4. The van der Waals surface area contributed by atoms with Gasteiger partial charge in [-0.25, -0.2) is 4.79 Å². The molecule has 0 radical (unpaired) electrons. The van der Waals surface area contributed by atoms with Crippen LogP contribution in [0.3, 0.4) is 0 Å². The fraction of sp³-hybridized carbons (Fsp3) is 0.976. The summed E-state index contributed by atoms with van der Waals surface area (Å²) in [7, 11) is 0. The highest BCUT2D eigenvalue weighted by Crippen LogP contribution is 2.15. The second-order valence-electron chi connectivity index (χ2n) is 14.3. The van der Waals surface area contributed by atoms with Crippen molar-refractivity contribution in [2.24, 2.45) is 0 Å². The lowest BCUT2D eigenvalue weighted by atomic mass is 10.0. The van der Waals surface area contributed by atoms with Crippen LogP contribution in [0.4, 0.5) is 4.79 Å². The summed E-state index contributed by atoms with van der Waals surface area (Å²) < 4.78 is 17.4. The van der Waals surface area contributed by atoms with E-state index in [9.17, 15) is 4.79 Å². The molecule has 5 heteroatoms. The SMILES string of the molecule is CCCCCCCCCCCCCCCCCCOC[C@H](COC(=O)NCC)OCCCCCCCCCCCCCCCCCC. The third-order valence-electron chi connectivity index (χ3n) is 9.52. The number of hydrogen-bond acceptors (Lipinski definition) is 4. The summed E-state index contributed by atoms with van der Waals surface area (Å²) in [6.45, 7) is 9.27. The number of carbonyl (C=O) groups is 1. The molecule has 5 nitrogen and oxygen atoms in total. The van der Waals surface area contributed by atoms with Gasteiger partial charge < -0.3 is 19.5 Å². The van der Waals surface area contributed by atoms with Crippen LogP contribution < -0.4 is 5.32 Å². The molecule has 0 aromatic carbocycles. The standard InChI is InChI=1S/C42H85NO4/c1-4-7-9-11-13-15-17-19-21-23-25-27-29-31-33-35-37-45-39-41(40-47-42(44)43-6-3)46-38-36-34-32-30-28-26-24-22-20-18-16-14-12-10-8-5-2/h41H,4-40H2,1-3H3,(H,43,44)/t41-/m1/s1. The average molecular weight is 668 g/mol. The molecule has 282 valence electrons. The van der Waals surface area contributed by atoms with E-state index in [-0.39, 0.29) is 18.8 Å². The van der Waals surface area contributed by atoms with Gasteiger partial charge in [-0.15, -0.1) is 0 Å². The molecule has 0 aliphatic rings. The van der Waals surface area contributed by atoms with Crippen molar-refractivity contribution in [3.8, 4) is 0 Å². The van der Waals surface area contributed by atoms with Gasteiger partial charge in [0.05, 0.1) is 6.61 Å². The van der Waals surface area contributed by atoms with E-state index in [1.807, 2.05) is 6.92 Å². The highest BCUT2D eigenvalue weighted by molar-refractivity contribution is 5.66. The highest BCUT2D eigenvalue weighted by Gasteiger charge is 2.13. The molecular formula is C42H85NO4. The lowest BCUT2D eigenvalue weighted by molar-refractivity contribution is -0.0467. The molecule has 0 aromatic rings. The topological polar surface area (TPSA) is 56.8 Å². The molecule has 0 spiro atoms. The molecule has 1 atom stereocenters. The third-order valence-corrected chi connectivity index (χ3v) is 9.52. The van der Waals surface area contributed by atoms with Crippen molar-refractivity contribution >= 4 is 6.09 Å². The van der Waals surface area contributed by atoms with E-state index in [1.165, 1.54) is 193 Å². The maximum absolute atomic E-state index is 11.8. The fourth-order valence-electron chi connectivity index (χ4n) is 6.38. The van der Waals surface area contributed by atoms with Crippen LogP contribution in [-0.2, 0) is 14.2 Å². The van der Waals surface area contributed by atoms with Gasteiger partial charge in [-0.3, -0.25) is 0 Å². The first kappa shape index (κ1) is 46.2. The van der Waals surface area contributed by atoms with Crippen LogP contribution in [0, 0.1) is 0 Å². The van der Waals surface area contributed by atoms with Crippen molar-refractivity contribution in [3.63, 3.8) is 0 Å². The number of ether oxygens (including phenoxy) is 3. The largest absolute Gasteiger partial charge is 0.447 e. The van der Waals surface area contributed by atoms with E-state index in [4.69, 9.17) is 14.2 Å². The predicted octanol–water partition coefficient (Wildman–Crippen LogP) is 13.7. The Morgan fingerprint density at radius 3 is 1.09 bits per heavy atom. The van der Waals surface area contributed by atoms with Gasteiger partial charge >= 0.3 is 6.09 Å². The van der Waals surface area contributed by atoms with Gasteiger partial charge in [-0.2, -0.15) is 0 Å². The summed E-state index contributed by atoms with van der Waals surface area (Å²) in [5.41, 5.74) is 0. The maximum atomic E-state index is 11.8. The average Bonchev–Trinajstić information content (AvgIpc) is 3.07. The normalized spacial score (nSPS) is 12.1. The van der Waals surface area contributed by atoms with Crippen LogP contribution in [-0.4, -0.2) is 45.2 Å². The van der Waals surface area contributed by atoms with Crippen LogP contribution in [0.5, 0.6) is 0 Å². The molecule has 0 aliphatic heterocycles. The van der Waals surface area contributed by atoms with E-state index in [0.29, 0.717) is 19.8 Å². The maximum Gasteiger partial charge on any atom is 0.407 e. The van der Waals surface area contributed by atoms with Crippen LogP contribution >= 0.6 is 0 Å². The van der Waals surface area contributed by atoms with Gasteiger partial charge in [-0.1, -0.05) is 206 Å². The molecule has 0 bridgehead atoms. The van der Waals surface area contributed by atoms with Crippen molar-refractivity contribution in [3.05, 3.63) is 0 Å². The number of alkyl carbamates (subject to hydrolysis) is 1. The Labute approximate surface area is 295 Å². The van der Waals surface area contributed by atoms with Gasteiger partial charge in [0.25, 0.3) is 0 Å². The molecule has 1 N–H and O–H groups in total. The lowest BCUT2D eigenvalue weighted by Gasteiger charge is -2.18. The number of nitrogens with one attached hydrogen (secondary N) is 1. The van der Waals surface area contributed by atoms with E-state index >= 15 is 0 Å². The van der Waals surface area contributed by atoms with Crippen molar-refractivity contribution in [1.82, 2.24) is 5.32 Å². The van der Waals surface area contributed by atoms with Crippen molar-refractivity contribution < 1.29 is 19.0 Å². The predicted molar refractivity (Wildman–Crippen MR) is 205 cm³/mol. The van der Waals surface area contributed by atoms with E-state index < -0.39 is 0 Å². The fourth-order valence-corrected chi connectivity index (χ4v) is 6.38. The molecular weight excluding hydrogens is 582 g/mol. The summed E-state index contributed by atoms with van der Waals surface area (Å²) >= 11 is 0. The summed E-state index contributed by atoms with van der Waals surface area (Å²) in [6, 6.07) is 0. The Hall–Kier alpha value is -0.810. The van der Waals surface area contributed by atoms with Crippen LogP contribution in [0.15, 0.2) is 0 Å². The van der Waals surface area contributed by atoms with Crippen molar-refractivity contribution in [2.45, 2.75) is 232 Å². The minimum atomic E-state index is -0.374. The lowest BCUT2D eigenvalue weighted by Crippen LogP contribution is -2.31. The molecule has 47 heavy (non-hydrogen) atoms. The first-order valence-electron chi connectivity index (χ1n) is 21.3. The number of unbranched alkanes of at least 4 members (excludes halogenated alkanes) is 30. The smallest absolute Gasteiger partial charge is 0.407 e. The van der Waals surface area contributed by atoms with Gasteiger partial charge in [0.2, 0.25) is 0 Å². The molecule has 0 saturated heterocycles. The van der Waals surface area contributed by atoms with Crippen LogP contribution in [0.1, 0.15) is 226 Å². The summed E-state index contributed by atoms with van der Waals surface area (Å²) in [6.07, 6.45) is 43.3. The Bertz CT molecular complexity index is 587. The van der Waals surface area contributed by atoms with Crippen molar-refractivity contribution in [1.29, 1.82) is 0 Å². The number of carbonyl (C=O) groups excluding carboxylic acids is 1. The monoisotopic (exact) mass is 668 g/mol. The molecule has 0 saturated carbocycles. The quantitative estimate of drug-likeness (QED) is 0.0661. The zero-order chi connectivity index (χ0) is 34.1. The van der Waals surface area contributed by atoms with Gasteiger partial charge in [0, 0.05) is 19.8 Å². The van der Waals surface area contributed by atoms with Crippen LogP contribution in [0.2, 0.25) is 0 Å². The Kier molecular flexibility index (Phi) is 40.6. The summed E-state index contributed by atoms with van der Waals surface area (Å²) in [5.74, 6) is 0. The number of hydrogen-bond donors (Lipinski definition) is 1. The summed E-state index contributed by atoms with van der Waals surface area (Å²) in [5, 5.41) is 2.70. The van der Waals surface area contributed by atoms with E-state index in [1.54, 1.807) is 0 Å². The minimum Gasteiger partial charge on any atom is -0.447 e. The van der Waals surface area contributed by atoms with Gasteiger partial charge in [0.1, 0.15) is 12.7 Å². The Balaban J connectivity index is 3.68. The van der Waals surface area contributed by atoms with Crippen molar-refractivity contribution in [2.75, 3.05) is 33.0 Å². The minimum absolute atomic E-state index is 0.185. The third kappa shape index (κ3) is 39.5. The number of amides is 1. The van der Waals surface area contributed by atoms with Gasteiger partial charge in [-0.05, 0) is 19.8 Å². The first-order chi connectivity index (χ1) is 23.2. The molecule has 0 heterocycles. The molecule has 1 amide bonds. The first-order valence-corrected chi connectivity index (χ1v) is 21.3. The summed E-state index contributed by atoms with van der Waals surface area (Å²) in [4.78, 5) is 11.8. The van der Waals surface area contributed by atoms with Crippen LogP contribution in [0.25, 0.3) is 0 Å². The molecule has 0 rings (SSSR count). The Morgan fingerprint density at radius 1 is 0.426 bits per heavy atom. The highest BCUT2D eigenvalue weighted by atomic mass is 16.6. The zero-order valence-electron chi connectivity index (χ0n) is 32.4. The van der Waals surface area contributed by atoms with E-state index in [2.05, 4.69) is 19.2 Å². The van der Waals surface area contributed by atoms with E-state index in [0.717, 1.165) is 19.4 Å². The molecule has 0 fully saturated rings. The second kappa shape index (κ2) is 41.4. The van der Waals surface area contributed by atoms with Gasteiger partial charge in [0.15, 0.2) is 0 Å². The second-order valence-corrected chi connectivity index (χ2v) is 14.3. The Morgan fingerprint density at radius 2 is 0.745 bits per heavy atom.